The molecule has 1 aliphatic heterocycles. The van der Waals surface area contributed by atoms with Gasteiger partial charge in [-0.05, 0) is 13.8 Å². The van der Waals surface area contributed by atoms with E-state index in [9.17, 15) is 14.4 Å². The van der Waals surface area contributed by atoms with Crippen molar-refractivity contribution in [1.29, 1.82) is 0 Å². The molecule has 0 unspecified atom stereocenters. The maximum atomic E-state index is 12.2. The lowest BCUT2D eigenvalue weighted by Crippen LogP contribution is -2.35. The van der Waals surface area contributed by atoms with Crippen molar-refractivity contribution < 1.29 is 24.2 Å². The summed E-state index contributed by atoms with van der Waals surface area (Å²) in [6.45, 7) is 4.17. The lowest BCUT2D eigenvalue weighted by molar-refractivity contribution is -0.143. The first kappa shape index (κ1) is 15.2. The lowest BCUT2D eigenvalue weighted by atomic mass is 10.4. The number of aromatic nitrogens is 1. The Labute approximate surface area is 124 Å². The first-order valence-corrected chi connectivity index (χ1v) is 7.18. The van der Waals surface area contributed by atoms with Gasteiger partial charge < -0.3 is 14.7 Å². The van der Waals surface area contributed by atoms with Gasteiger partial charge in [0.15, 0.2) is 5.13 Å². The highest BCUT2D eigenvalue weighted by molar-refractivity contribution is 7.17. The zero-order chi connectivity index (χ0) is 15.6. The molecule has 2 amide bonds. The van der Waals surface area contributed by atoms with Gasteiger partial charge in [0.2, 0.25) is 0 Å². The van der Waals surface area contributed by atoms with E-state index >= 15 is 0 Å². The second-order valence-electron chi connectivity index (χ2n) is 4.38. The van der Waals surface area contributed by atoms with Gasteiger partial charge in [-0.25, -0.2) is 14.6 Å². The Kier molecular flexibility index (Phi) is 4.41. The first-order valence-electron chi connectivity index (χ1n) is 6.36. The standard InChI is InChI=1S/C12H15N3O5S/c1-3-20-8(16)6-14-4-5-15(12(14)19)11-13-7(2)9(21-11)10(17)18/h3-6H2,1-2H3,(H,17,18). The van der Waals surface area contributed by atoms with Crippen LogP contribution in [0, 0.1) is 6.92 Å². The average Bonchev–Trinajstić information content (AvgIpc) is 2.94. The minimum Gasteiger partial charge on any atom is -0.477 e. The van der Waals surface area contributed by atoms with E-state index in [0.29, 0.717) is 23.9 Å². The van der Waals surface area contributed by atoms with Gasteiger partial charge in [0.05, 0.1) is 12.3 Å². The molecular weight excluding hydrogens is 298 g/mol. The van der Waals surface area contributed by atoms with Crippen molar-refractivity contribution >= 4 is 34.4 Å². The van der Waals surface area contributed by atoms with Crippen LogP contribution in [0.1, 0.15) is 22.3 Å². The van der Waals surface area contributed by atoms with Crippen LogP contribution >= 0.6 is 11.3 Å². The second-order valence-corrected chi connectivity index (χ2v) is 5.35. The van der Waals surface area contributed by atoms with Crippen molar-refractivity contribution in [3.63, 3.8) is 0 Å². The molecule has 114 valence electrons. The Morgan fingerprint density at radius 3 is 2.71 bits per heavy atom. The number of aromatic carboxylic acids is 1. The quantitative estimate of drug-likeness (QED) is 0.813. The molecule has 0 radical (unpaired) electrons. The SMILES string of the molecule is CCOC(=O)CN1CCN(c2nc(C)c(C(=O)O)s2)C1=O. The van der Waals surface area contributed by atoms with Gasteiger partial charge in [-0.15, -0.1) is 0 Å². The topological polar surface area (TPSA) is 100 Å². The molecule has 1 aromatic heterocycles. The van der Waals surface area contributed by atoms with Gasteiger partial charge in [-0.3, -0.25) is 9.69 Å². The summed E-state index contributed by atoms with van der Waals surface area (Å²) < 4.78 is 4.81. The van der Waals surface area contributed by atoms with Gasteiger partial charge in [0, 0.05) is 13.1 Å². The van der Waals surface area contributed by atoms with Crippen LogP contribution in [0.15, 0.2) is 0 Å². The van der Waals surface area contributed by atoms with Gasteiger partial charge in [0.1, 0.15) is 11.4 Å². The van der Waals surface area contributed by atoms with Crippen LogP contribution < -0.4 is 4.90 Å². The minimum absolute atomic E-state index is 0.112. The number of esters is 1. The summed E-state index contributed by atoms with van der Waals surface area (Å²) >= 11 is 0.951. The van der Waals surface area contributed by atoms with Gasteiger partial charge in [-0.1, -0.05) is 11.3 Å². The predicted octanol–water partition coefficient (Wildman–Crippen LogP) is 0.955. The summed E-state index contributed by atoms with van der Waals surface area (Å²) in [6, 6.07) is -0.367. The summed E-state index contributed by atoms with van der Waals surface area (Å²) in [5.41, 5.74) is 0.374. The molecule has 9 heteroatoms. The second kappa shape index (κ2) is 6.08. The monoisotopic (exact) mass is 313 g/mol. The van der Waals surface area contributed by atoms with E-state index in [2.05, 4.69) is 4.98 Å². The van der Waals surface area contributed by atoms with E-state index in [1.807, 2.05) is 0 Å². The molecule has 2 rings (SSSR count). The first-order chi connectivity index (χ1) is 9.93. The third kappa shape index (κ3) is 3.13. The highest BCUT2D eigenvalue weighted by atomic mass is 32.1. The predicted molar refractivity (Wildman–Crippen MR) is 74.8 cm³/mol. The Hall–Kier alpha value is -2.16. The van der Waals surface area contributed by atoms with Gasteiger partial charge >= 0.3 is 18.0 Å². The number of anilines is 1. The number of carboxylic acids is 1. The fraction of sp³-hybridized carbons (Fsp3) is 0.500. The number of rotatable bonds is 5. The van der Waals surface area contributed by atoms with Crippen molar-refractivity contribution in [2.45, 2.75) is 13.8 Å². The van der Waals surface area contributed by atoms with Crippen LogP contribution in [0.5, 0.6) is 0 Å². The highest BCUT2D eigenvalue weighted by Gasteiger charge is 2.33. The molecule has 0 aliphatic carbocycles. The fourth-order valence-corrected chi connectivity index (χ4v) is 2.89. The van der Waals surface area contributed by atoms with E-state index in [-0.39, 0.29) is 24.1 Å². The molecule has 1 aromatic rings. The Balaban J connectivity index is 2.09. The van der Waals surface area contributed by atoms with Crippen LogP contribution in [0.2, 0.25) is 0 Å². The maximum Gasteiger partial charge on any atom is 0.347 e. The average molecular weight is 313 g/mol. The number of aryl methyl sites for hydroxylation is 1. The Morgan fingerprint density at radius 1 is 1.43 bits per heavy atom. The van der Waals surface area contributed by atoms with Crippen molar-refractivity contribution in [1.82, 2.24) is 9.88 Å². The molecule has 0 atom stereocenters. The normalized spacial score (nSPS) is 14.7. The van der Waals surface area contributed by atoms with E-state index in [4.69, 9.17) is 9.84 Å². The fourth-order valence-electron chi connectivity index (χ4n) is 1.97. The zero-order valence-corrected chi connectivity index (χ0v) is 12.5. The zero-order valence-electron chi connectivity index (χ0n) is 11.7. The van der Waals surface area contributed by atoms with Crippen LogP contribution in [0.3, 0.4) is 0 Å². The molecule has 1 N–H and O–H groups in total. The lowest BCUT2D eigenvalue weighted by Gasteiger charge is -2.15. The third-order valence-corrected chi connectivity index (χ3v) is 4.10. The highest BCUT2D eigenvalue weighted by Crippen LogP contribution is 2.28. The number of thiazole rings is 1. The number of carbonyl (C=O) groups excluding carboxylic acids is 2. The molecule has 1 aliphatic rings. The van der Waals surface area contributed by atoms with Crippen LogP contribution in [-0.2, 0) is 9.53 Å². The van der Waals surface area contributed by atoms with Crippen molar-refractivity contribution in [2.75, 3.05) is 31.1 Å². The number of carbonyl (C=O) groups is 3. The number of hydrogen-bond donors (Lipinski definition) is 1. The van der Waals surface area contributed by atoms with Crippen LogP contribution in [0.25, 0.3) is 0 Å². The number of amides is 2. The number of ether oxygens (including phenoxy) is 1. The van der Waals surface area contributed by atoms with E-state index < -0.39 is 11.9 Å². The molecule has 0 spiro atoms. The Bertz CT molecular complexity index is 585. The summed E-state index contributed by atoms with van der Waals surface area (Å²) in [5, 5.41) is 9.35. The molecule has 8 nitrogen and oxygen atoms in total. The van der Waals surface area contributed by atoms with Crippen molar-refractivity contribution in [3.05, 3.63) is 10.6 Å². The largest absolute Gasteiger partial charge is 0.477 e. The van der Waals surface area contributed by atoms with Crippen molar-refractivity contribution in [3.8, 4) is 0 Å². The number of nitrogens with zero attached hydrogens (tertiary/aromatic N) is 3. The summed E-state index contributed by atoms with van der Waals surface area (Å²) in [6.07, 6.45) is 0. The minimum atomic E-state index is -1.06. The summed E-state index contributed by atoms with van der Waals surface area (Å²) in [4.78, 5) is 41.6. The van der Waals surface area contributed by atoms with Crippen molar-refractivity contribution in [2.24, 2.45) is 0 Å². The van der Waals surface area contributed by atoms with Gasteiger partial charge in [0.25, 0.3) is 0 Å². The Morgan fingerprint density at radius 2 is 2.14 bits per heavy atom. The van der Waals surface area contributed by atoms with Crippen LogP contribution in [-0.4, -0.2) is 59.2 Å². The molecule has 0 saturated carbocycles. The molecule has 0 bridgehead atoms. The smallest absolute Gasteiger partial charge is 0.347 e. The number of hydrogen-bond acceptors (Lipinski definition) is 6. The van der Waals surface area contributed by atoms with E-state index in [1.165, 1.54) is 9.80 Å². The molecule has 21 heavy (non-hydrogen) atoms. The maximum absolute atomic E-state index is 12.2. The molecular formula is C12H15N3O5S. The van der Waals surface area contributed by atoms with E-state index in [1.54, 1.807) is 13.8 Å². The molecule has 2 heterocycles. The number of urea groups is 1. The number of carboxylic acid groups (broad SMARTS) is 1. The molecule has 1 fully saturated rings. The summed E-state index contributed by atoms with van der Waals surface area (Å²) in [7, 11) is 0. The van der Waals surface area contributed by atoms with E-state index in [0.717, 1.165) is 11.3 Å². The molecule has 0 aromatic carbocycles. The van der Waals surface area contributed by atoms with Crippen LogP contribution in [0.4, 0.5) is 9.93 Å². The molecule has 1 saturated heterocycles. The summed E-state index contributed by atoms with van der Waals surface area (Å²) in [5.74, 6) is -1.53. The van der Waals surface area contributed by atoms with Gasteiger partial charge in [-0.2, -0.15) is 0 Å². The third-order valence-electron chi connectivity index (χ3n) is 2.93.